The summed E-state index contributed by atoms with van der Waals surface area (Å²) in [4.78, 5) is 12.9. The third-order valence-corrected chi connectivity index (χ3v) is 6.02. The molecule has 6 nitrogen and oxygen atoms in total. The van der Waals surface area contributed by atoms with E-state index in [-0.39, 0.29) is 18.5 Å². The van der Waals surface area contributed by atoms with E-state index >= 15 is 0 Å². The summed E-state index contributed by atoms with van der Waals surface area (Å²) in [5.41, 5.74) is 2.38. The predicted molar refractivity (Wildman–Crippen MR) is 121 cm³/mol. The zero-order chi connectivity index (χ0) is 22.3. The van der Waals surface area contributed by atoms with Crippen LogP contribution in [0.2, 0.25) is 0 Å². The molecule has 0 saturated carbocycles. The van der Waals surface area contributed by atoms with Crippen molar-refractivity contribution in [3.8, 4) is 5.75 Å². The number of carbonyl (C=O) groups excluding carboxylic acids is 1. The van der Waals surface area contributed by atoms with Crippen LogP contribution in [0.1, 0.15) is 44.4 Å². The second-order valence-electron chi connectivity index (χ2n) is 7.77. The van der Waals surface area contributed by atoms with Crippen LogP contribution in [0.4, 0.5) is 5.69 Å². The van der Waals surface area contributed by atoms with Gasteiger partial charge in [-0.05, 0) is 48.1 Å². The van der Waals surface area contributed by atoms with Crippen LogP contribution < -0.4 is 14.4 Å². The van der Waals surface area contributed by atoms with Gasteiger partial charge in [0.2, 0.25) is 15.9 Å². The smallest absolute Gasteiger partial charge is 0.241 e. The van der Waals surface area contributed by atoms with Gasteiger partial charge in [0.25, 0.3) is 0 Å². The van der Waals surface area contributed by atoms with Crippen LogP contribution in [0.15, 0.2) is 48.5 Å². The van der Waals surface area contributed by atoms with Gasteiger partial charge in [-0.25, -0.2) is 8.42 Å². The van der Waals surface area contributed by atoms with Crippen molar-refractivity contribution >= 4 is 21.6 Å². The Labute approximate surface area is 180 Å². The summed E-state index contributed by atoms with van der Waals surface area (Å²) in [5, 5.41) is 3.03. The van der Waals surface area contributed by atoms with Crippen LogP contribution >= 0.6 is 0 Å². The van der Waals surface area contributed by atoms with E-state index in [0.29, 0.717) is 18.0 Å². The summed E-state index contributed by atoms with van der Waals surface area (Å²) in [6.45, 7) is 5.87. The molecule has 1 amide bonds. The van der Waals surface area contributed by atoms with Gasteiger partial charge in [0, 0.05) is 0 Å². The number of benzene rings is 2. The van der Waals surface area contributed by atoms with Crippen LogP contribution in [0.25, 0.3) is 0 Å². The average Bonchev–Trinajstić information content (AvgIpc) is 2.70. The second-order valence-corrected chi connectivity index (χ2v) is 9.68. The Kier molecular flexibility index (Phi) is 8.29. The topological polar surface area (TPSA) is 75.7 Å². The van der Waals surface area contributed by atoms with Crippen LogP contribution in [-0.2, 0) is 21.2 Å². The Balaban J connectivity index is 2.26. The molecule has 0 aliphatic carbocycles. The van der Waals surface area contributed by atoms with Crippen molar-refractivity contribution in [3.63, 3.8) is 0 Å². The van der Waals surface area contributed by atoms with Crippen LogP contribution in [0, 0.1) is 5.92 Å². The summed E-state index contributed by atoms with van der Waals surface area (Å²) >= 11 is 0. The quantitative estimate of drug-likeness (QED) is 0.617. The Bertz CT molecular complexity index is 940. The van der Waals surface area contributed by atoms with Crippen molar-refractivity contribution in [3.05, 3.63) is 59.7 Å². The highest BCUT2D eigenvalue weighted by Gasteiger charge is 2.24. The minimum Gasteiger partial charge on any atom is -0.497 e. The fourth-order valence-electron chi connectivity index (χ4n) is 3.39. The Morgan fingerprint density at radius 3 is 2.27 bits per heavy atom. The van der Waals surface area contributed by atoms with Gasteiger partial charge in [0.05, 0.1) is 25.1 Å². The summed E-state index contributed by atoms with van der Waals surface area (Å²) in [5.74, 6) is 0.754. The highest BCUT2D eigenvalue weighted by Crippen LogP contribution is 2.25. The van der Waals surface area contributed by atoms with Crippen LogP contribution in [0.5, 0.6) is 5.75 Å². The van der Waals surface area contributed by atoms with Gasteiger partial charge in [-0.15, -0.1) is 0 Å². The van der Waals surface area contributed by atoms with Gasteiger partial charge in [-0.3, -0.25) is 9.10 Å². The molecule has 0 unspecified atom stereocenters. The number of ether oxygens (including phenoxy) is 1. The van der Waals surface area contributed by atoms with E-state index in [1.807, 2.05) is 43.3 Å². The molecule has 2 aromatic rings. The second kappa shape index (κ2) is 10.5. The van der Waals surface area contributed by atoms with E-state index in [2.05, 4.69) is 19.2 Å². The number of hydrogen-bond acceptors (Lipinski definition) is 4. The van der Waals surface area contributed by atoms with E-state index in [9.17, 15) is 13.2 Å². The fourth-order valence-corrected chi connectivity index (χ4v) is 4.28. The lowest BCUT2D eigenvalue weighted by Gasteiger charge is -2.26. The number of anilines is 1. The zero-order valence-electron chi connectivity index (χ0n) is 18.4. The first kappa shape index (κ1) is 23.7. The molecule has 2 rings (SSSR count). The van der Waals surface area contributed by atoms with E-state index < -0.39 is 10.0 Å². The number of para-hydroxylation sites is 1. The van der Waals surface area contributed by atoms with E-state index in [1.54, 1.807) is 19.2 Å². The number of nitrogens with zero attached hydrogens (tertiary/aromatic N) is 1. The number of nitrogens with one attached hydrogen (secondary N) is 1. The first-order chi connectivity index (χ1) is 14.2. The molecule has 0 saturated heterocycles. The molecule has 164 valence electrons. The first-order valence-corrected chi connectivity index (χ1v) is 12.0. The SMILES string of the molecule is CCc1ccccc1N(CC(=O)N[C@@H](CC(C)C)c1ccc(OC)cc1)S(C)(=O)=O. The lowest BCUT2D eigenvalue weighted by molar-refractivity contribution is -0.120. The number of amides is 1. The van der Waals surface area contributed by atoms with Gasteiger partial charge in [0.1, 0.15) is 12.3 Å². The fraction of sp³-hybridized carbons (Fsp3) is 0.435. The van der Waals surface area contributed by atoms with Crippen LogP contribution in [0.3, 0.4) is 0 Å². The minimum atomic E-state index is -3.62. The molecule has 30 heavy (non-hydrogen) atoms. The maximum absolute atomic E-state index is 12.9. The zero-order valence-corrected chi connectivity index (χ0v) is 19.2. The molecular weight excluding hydrogens is 400 g/mol. The normalized spacial score (nSPS) is 12.5. The number of rotatable bonds is 10. The molecule has 1 atom stereocenters. The molecule has 1 N–H and O–H groups in total. The molecule has 0 spiro atoms. The van der Waals surface area contributed by atoms with Gasteiger partial charge in [-0.1, -0.05) is 51.1 Å². The number of hydrogen-bond donors (Lipinski definition) is 1. The summed E-state index contributed by atoms with van der Waals surface area (Å²) in [6, 6.07) is 14.6. The van der Waals surface area contributed by atoms with Gasteiger partial charge in [-0.2, -0.15) is 0 Å². The van der Waals surface area contributed by atoms with Crippen molar-refractivity contribution in [1.82, 2.24) is 5.32 Å². The van der Waals surface area contributed by atoms with E-state index in [0.717, 1.165) is 29.6 Å². The monoisotopic (exact) mass is 432 g/mol. The van der Waals surface area contributed by atoms with Crippen LogP contribution in [-0.4, -0.2) is 34.2 Å². The predicted octanol–water partition coefficient (Wildman–Crippen LogP) is 3.93. The van der Waals surface area contributed by atoms with Gasteiger partial charge < -0.3 is 10.1 Å². The molecule has 0 aromatic heterocycles. The molecule has 0 aliphatic rings. The molecular formula is C23H32N2O4S. The lowest BCUT2D eigenvalue weighted by atomic mass is 9.97. The van der Waals surface area contributed by atoms with E-state index in [1.165, 1.54) is 4.31 Å². The summed E-state index contributed by atoms with van der Waals surface area (Å²) < 4.78 is 31.3. The van der Waals surface area contributed by atoms with Crippen molar-refractivity contribution < 1.29 is 17.9 Å². The van der Waals surface area contributed by atoms with Gasteiger partial charge in [0.15, 0.2) is 0 Å². The highest BCUT2D eigenvalue weighted by atomic mass is 32.2. The summed E-state index contributed by atoms with van der Waals surface area (Å²) in [6.07, 6.45) is 2.54. The highest BCUT2D eigenvalue weighted by molar-refractivity contribution is 7.92. The molecule has 0 heterocycles. The average molecular weight is 433 g/mol. The third kappa shape index (κ3) is 6.49. The molecule has 0 bridgehead atoms. The Morgan fingerprint density at radius 1 is 1.10 bits per heavy atom. The van der Waals surface area contributed by atoms with Gasteiger partial charge >= 0.3 is 0 Å². The number of methoxy groups -OCH3 is 1. The molecule has 0 fully saturated rings. The third-order valence-electron chi connectivity index (χ3n) is 4.89. The molecule has 0 aliphatic heterocycles. The van der Waals surface area contributed by atoms with Crippen molar-refractivity contribution in [1.29, 1.82) is 0 Å². The standard InChI is InChI=1S/C23H32N2O4S/c1-6-18-9-7-8-10-22(18)25(30(5,27)28)16-23(26)24-21(15-17(2)3)19-11-13-20(29-4)14-12-19/h7-14,17,21H,6,15-16H2,1-5H3,(H,24,26)/t21-/m0/s1. The first-order valence-electron chi connectivity index (χ1n) is 10.1. The Morgan fingerprint density at radius 2 is 1.73 bits per heavy atom. The number of carbonyl (C=O) groups is 1. The number of aryl methyl sites for hydroxylation is 1. The number of sulfonamides is 1. The van der Waals surface area contributed by atoms with Crippen molar-refractivity contribution in [2.24, 2.45) is 5.92 Å². The largest absolute Gasteiger partial charge is 0.497 e. The van der Waals surface area contributed by atoms with Crippen molar-refractivity contribution in [2.75, 3.05) is 24.2 Å². The molecule has 7 heteroatoms. The van der Waals surface area contributed by atoms with Crippen molar-refractivity contribution in [2.45, 2.75) is 39.7 Å². The molecule has 2 aromatic carbocycles. The lowest BCUT2D eigenvalue weighted by Crippen LogP contribution is -2.42. The van der Waals surface area contributed by atoms with E-state index in [4.69, 9.17) is 4.74 Å². The summed E-state index contributed by atoms with van der Waals surface area (Å²) in [7, 11) is -2.01. The maximum Gasteiger partial charge on any atom is 0.241 e. The Hall–Kier alpha value is -2.54. The maximum atomic E-state index is 12.9. The minimum absolute atomic E-state index is 0.216. The molecule has 0 radical (unpaired) electrons.